The van der Waals surface area contributed by atoms with Crippen LogP contribution in [0.25, 0.3) is 0 Å². The van der Waals surface area contributed by atoms with Crippen LogP contribution in [0.2, 0.25) is 5.02 Å². The van der Waals surface area contributed by atoms with Crippen molar-refractivity contribution in [2.75, 3.05) is 13.1 Å². The van der Waals surface area contributed by atoms with Crippen LogP contribution in [0.3, 0.4) is 0 Å². The number of benzene rings is 1. The van der Waals surface area contributed by atoms with Crippen molar-refractivity contribution in [3.63, 3.8) is 0 Å². The highest BCUT2D eigenvalue weighted by Gasteiger charge is 2.39. The van der Waals surface area contributed by atoms with Crippen molar-refractivity contribution in [3.05, 3.63) is 34.3 Å². The van der Waals surface area contributed by atoms with Crippen LogP contribution < -0.4 is 0 Å². The van der Waals surface area contributed by atoms with E-state index in [4.69, 9.17) is 11.6 Å². The molecule has 1 aliphatic heterocycles. The second kappa shape index (κ2) is 5.44. The summed E-state index contributed by atoms with van der Waals surface area (Å²) in [6.07, 6.45) is 1.31. The number of hydrogen-bond donors (Lipinski definition) is 1. The number of carboxylic acid groups (broad SMARTS) is 1. The number of carboxylic acids is 1. The van der Waals surface area contributed by atoms with Gasteiger partial charge in [0.1, 0.15) is 0 Å². The standard InChI is InChI=1S/C15H18ClNO3/c1-10-8-11(16)4-5-12(10)13(18)17-7-3-6-15(2,9-17)14(19)20/h4-5,8H,3,6-7,9H2,1-2H3,(H,19,20). The lowest BCUT2D eigenvalue weighted by Crippen LogP contribution is -2.48. The van der Waals surface area contributed by atoms with E-state index in [2.05, 4.69) is 0 Å². The molecule has 1 aliphatic rings. The van der Waals surface area contributed by atoms with Crippen LogP contribution >= 0.6 is 11.6 Å². The fourth-order valence-corrected chi connectivity index (χ4v) is 2.85. The predicted molar refractivity (Wildman–Crippen MR) is 77.1 cm³/mol. The van der Waals surface area contributed by atoms with Crippen molar-refractivity contribution in [2.45, 2.75) is 26.7 Å². The number of carbonyl (C=O) groups is 2. The van der Waals surface area contributed by atoms with Crippen molar-refractivity contribution >= 4 is 23.5 Å². The van der Waals surface area contributed by atoms with Gasteiger partial charge in [0.15, 0.2) is 0 Å². The average Bonchev–Trinajstić information content (AvgIpc) is 2.38. The Morgan fingerprint density at radius 3 is 2.70 bits per heavy atom. The molecule has 0 radical (unpaired) electrons. The van der Waals surface area contributed by atoms with Crippen LogP contribution in [0.4, 0.5) is 0 Å². The van der Waals surface area contributed by atoms with E-state index < -0.39 is 11.4 Å². The molecule has 0 saturated carbocycles. The number of amides is 1. The Balaban J connectivity index is 2.23. The van der Waals surface area contributed by atoms with Crippen molar-refractivity contribution in [3.8, 4) is 0 Å². The first-order chi connectivity index (χ1) is 9.33. The van der Waals surface area contributed by atoms with E-state index in [1.807, 2.05) is 6.92 Å². The Hall–Kier alpha value is -1.55. The molecule has 1 amide bonds. The Morgan fingerprint density at radius 1 is 1.40 bits per heavy atom. The summed E-state index contributed by atoms with van der Waals surface area (Å²) >= 11 is 5.89. The summed E-state index contributed by atoms with van der Waals surface area (Å²) < 4.78 is 0. The normalized spacial score (nSPS) is 22.6. The van der Waals surface area contributed by atoms with Gasteiger partial charge in [-0.25, -0.2) is 0 Å². The van der Waals surface area contributed by atoms with Gasteiger partial charge < -0.3 is 10.0 Å². The molecule has 1 saturated heterocycles. The lowest BCUT2D eigenvalue weighted by Gasteiger charge is -2.37. The van der Waals surface area contributed by atoms with Gasteiger partial charge in [-0.3, -0.25) is 9.59 Å². The van der Waals surface area contributed by atoms with Gasteiger partial charge in [-0.15, -0.1) is 0 Å². The van der Waals surface area contributed by atoms with Crippen LogP contribution in [0, 0.1) is 12.3 Å². The third-order valence-corrected chi connectivity index (χ3v) is 4.15. The van der Waals surface area contributed by atoms with Gasteiger partial charge in [-0.2, -0.15) is 0 Å². The maximum Gasteiger partial charge on any atom is 0.311 e. The van der Waals surface area contributed by atoms with Crippen molar-refractivity contribution in [1.29, 1.82) is 0 Å². The Morgan fingerprint density at radius 2 is 2.10 bits per heavy atom. The highest BCUT2D eigenvalue weighted by Crippen LogP contribution is 2.31. The first-order valence-corrected chi connectivity index (χ1v) is 7.00. The van der Waals surface area contributed by atoms with Gasteiger partial charge in [-0.1, -0.05) is 11.6 Å². The minimum atomic E-state index is -0.853. The molecule has 1 unspecified atom stereocenters. The molecular formula is C15H18ClNO3. The second-order valence-electron chi connectivity index (χ2n) is 5.66. The third-order valence-electron chi connectivity index (χ3n) is 3.92. The van der Waals surface area contributed by atoms with E-state index >= 15 is 0 Å². The second-order valence-corrected chi connectivity index (χ2v) is 6.09. The molecule has 1 heterocycles. The van der Waals surface area contributed by atoms with E-state index in [1.165, 1.54) is 0 Å². The van der Waals surface area contributed by atoms with Gasteiger partial charge in [0, 0.05) is 23.7 Å². The molecule has 0 spiro atoms. The van der Waals surface area contributed by atoms with Crippen molar-refractivity contribution in [2.24, 2.45) is 5.41 Å². The van der Waals surface area contributed by atoms with Crippen LogP contribution in [-0.4, -0.2) is 35.0 Å². The molecule has 0 bridgehead atoms. The number of hydrogen-bond acceptors (Lipinski definition) is 2. The van der Waals surface area contributed by atoms with E-state index in [0.29, 0.717) is 30.0 Å². The summed E-state index contributed by atoms with van der Waals surface area (Å²) in [4.78, 5) is 25.5. The molecule has 1 aromatic carbocycles. The van der Waals surface area contributed by atoms with E-state index in [1.54, 1.807) is 30.0 Å². The highest BCUT2D eigenvalue weighted by atomic mass is 35.5. The summed E-state index contributed by atoms with van der Waals surface area (Å²) in [6.45, 7) is 4.38. The smallest absolute Gasteiger partial charge is 0.311 e. The summed E-state index contributed by atoms with van der Waals surface area (Å²) in [5.41, 5.74) is 0.544. The quantitative estimate of drug-likeness (QED) is 0.912. The lowest BCUT2D eigenvalue weighted by atomic mass is 9.82. The van der Waals surface area contributed by atoms with Crippen LogP contribution in [0.5, 0.6) is 0 Å². The Bertz CT molecular complexity index is 558. The molecule has 1 N–H and O–H groups in total. The fraction of sp³-hybridized carbons (Fsp3) is 0.467. The first-order valence-electron chi connectivity index (χ1n) is 6.62. The van der Waals surface area contributed by atoms with Gasteiger partial charge >= 0.3 is 5.97 Å². The van der Waals surface area contributed by atoms with Gasteiger partial charge in [0.2, 0.25) is 0 Å². The zero-order valence-electron chi connectivity index (χ0n) is 11.6. The predicted octanol–water partition coefficient (Wildman–Crippen LogP) is 2.98. The number of piperidine rings is 1. The monoisotopic (exact) mass is 295 g/mol. The number of aryl methyl sites for hydroxylation is 1. The fourth-order valence-electron chi connectivity index (χ4n) is 2.62. The van der Waals surface area contributed by atoms with Gasteiger partial charge in [-0.05, 0) is 50.5 Å². The van der Waals surface area contributed by atoms with E-state index in [-0.39, 0.29) is 12.5 Å². The Labute approximate surface area is 123 Å². The summed E-state index contributed by atoms with van der Waals surface area (Å²) in [6, 6.07) is 5.13. The van der Waals surface area contributed by atoms with Crippen LogP contribution in [-0.2, 0) is 4.79 Å². The molecule has 2 rings (SSSR count). The minimum Gasteiger partial charge on any atom is -0.481 e. The maximum atomic E-state index is 12.5. The average molecular weight is 296 g/mol. The van der Waals surface area contributed by atoms with Crippen LogP contribution in [0.1, 0.15) is 35.7 Å². The van der Waals surface area contributed by atoms with Crippen molar-refractivity contribution in [1.82, 2.24) is 4.90 Å². The molecule has 1 fully saturated rings. The third kappa shape index (κ3) is 2.80. The molecular weight excluding hydrogens is 278 g/mol. The molecule has 20 heavy (non-hydrogen) atoms. The van der Waals surface area contributed by atoms with Crippen molar-refractivity contribution < 1.29 is 14.7 Å². The summed E-state index contributed by atoms with van der Waals surface area (Å²) in [7, 11) is 0. The number of carbonyl (C=O) groups excluding carboxylic acids is 1. The Kier molecular flexibility index (Phi) is 4.04. The SMILES string of the molecule is Cc1cc(Cl)ccc1C(=O)N1CCCC(C)(C(=O)O)C1. The molecule has 0 aliphatic carbocycles. The molecule has 4 nitrogen and oxygen atoms in total. The molecule has 5 heteroatoms. The highest BCUT2D eigenvalue weighted by molar-refractivity contribution is 6.30. The summed E-state index contributed by atoms with van der Waals surface area (Å²) in [5.74, 6) is -0.964. The number of rotatable bonds is 2. The number of halogens is 1. The molecule has 1 aromatic rings. The zero-order chi connectivity index (χ0) is 14.9. The maximum absolute atomic E-state index is 12.5. The molecule has 0 aromatic heterocycles. The van der Waals surface area contributed by atoms with Gasteiger partial charge in [0.05, 0.1) is 5.41 Å². The minimum absolute atomic E-state index is 0.119. The summed E-state index contributed by atoms with van der Waals surface area (Å²) in [5, 5.41) is 9.89. The number of nitrogens with zero attached hydrogens (tertiary/aromatic N) is 1. The first kappa shape index (κ1) is 14.9. The van der Waals surface area contributed by atoms with Crippen LogP contribution in [0.15, 0.2) is 18.2 Å². The van der Waals surface area contributed by atoms with Gasteiger partial charge in [0.25, 0.3) is 5.91 Å². The number of aliphatic carboxylic acids is 1. The topological polar surface area (TPSA) is 57.6 Å². The molecule has 108 valence electrons. The van der Waals surface area contributed by atoms with E-state index in [9.17, 15) is 14.7 Å². The number of likely N-dealkylation sites (tertiary alicyclic amines) is 1. The largest absolute Gasteiger partial charge is 0.481 e. The van der Waals surface area contributed by atoms with E-state index in [0.717, 1.165) is 5.56 Å². The molecule has 1 atom stereocenters. The zero-order valence-corrected chi connectivity index (χ0v) is 12.4. The lowest BCUT2D eigenvalue weighted by molar-refractivity contribution is -0.150.